The number of carbonyl (C=O) groups is 3. The van der Waals surface area contributed by atoms with Crippen molar-refractivity contribution < 1.29 is 40.7 Å². The molecule has 3 unspecified atom stereocenters. The number of alkyl halides is 6. The van der Waals surface area contributed by atoms with E-state index in [-0.39, 0.29) is 16.4 Å². The molecular formula is C29H18F6N4O4S2. The normalized spacial score (nSPS) is 19.8. The molecule has 2 aromatic heterocycles. The van der Waals surface area contributed by atoms with E-state index in [1.165, 1.54) is 24.5 Å². The zero-order valence-corrected chi connectivity index (χ0v) is 24.1. The molecule has 16 heteroatoms. The molecule has 2 aliphatic rings. The summed E-state index contributed by atoms with van der Waals surface area (Å²) >= 11 is 1.57. The molecule has 1 fully saturated rings. The first-order chi connectivity index (χ1) is 21.2. The maximum Gasteiger partial charge on any atom is 0.416 e. The highest BCUT2D eigenvalue weighted by molar-refractivity contribution is 8.00. The van der Waals surface area contributed by atoms with Crippen molar-refractivity contribution in [2.75, 3.05) is 10.2 Å². The van der Waals surface area contributed by atoms with Gasteiger partial charge in [0.1, 0.15) is 11.8 Å². The largest absolute Gasteiger partial charge is 0.416 e. The second-order valence-corrected chi connectivity index (χ2v) is 12.3. The Bertz CT molecular complexity index is 1890. The Morgan fingerprint density at radius 3 is 2.24 bits per heavy atom. The molecule has 8 nitrogen and oxygen atoms in total. The van der Waals surface area contributed by atoms with Crippen LogP contribution in [0.2, 0.25) is 0 Å². The van der Waals surface area contributed by atoms with E-state index in [0.717, 1.165) is 58.0 Å². The molecule has 4 aromatic rings. The van der Waals surface area contributed by atoms with Crippen LogP contribution in [0.5, 0.6) is 0 Å². The van der Waals surface area contributed by atoms with Crippen LogP contribution in [-0.4, -0.2) is 32.5 Å². The molecular weight excluding hydrogens is 646 g/mol. The quantitative estimate of drug-likeness (QED) is 0.215. The summed E-state index contributed by atoms with van der Waals surface area (Å²) in [4.78, 5) is 58.2. The number of nitrogens with one attached hydrogen (secondary N) is 1. The first-order valence-electron chi connectivity index (χ1n) is 13.1. The van der Waals surface area contributed by atoms with E-state index in [0.29, 0.717) is 21.4 Å². The minimum Gasteiger partial charge on any atom is -0.325 e. The van der Waals surface area contributed by atoms with Crippen molar-refractivity contribution in [3.8, 4) is 0 Å². The van der Waals surface area contributed by atoms with E-state index >= 15 is 0 Å². The summed E-state index contributed by atoms with van der Waals surface area (Å²) in [6.07, 6.45) is -6.45. The first-order valence-corrected chi connectivity index (χ1v) is 14.8. The lowest BCUT2D eigenvalue weighted by atomic mass is 9.84. The lowest BCUT2D eigenvalue weighted by Gasteiger charge is -2.30. The van der Waals surface area contributed by atoms with Gasteiger partial charge in [-0.2, -0.15) is 26.3 Å². The Balaban J connectivity index is 1.37. The van der Waals surface area contributed by atoms with Crippen molar-refractivity contribution in [1.29, 1.82) is 0 Å². The van der Waals surface area contributed by atoms with E-state index in [1.807, 2.05) is 0 Å². The number of nitrogens with zero attached hydrogens (tertiary/aromatic N) is 3. The number of carbonyl (C=O) groups excluding carboxylic acids is 3. The fourth-order valence-corrected chi connectivity index (χ4v) is 8.14. The second-order valence-electron chi connectivity index (χ2n) is 10.1. The van der Waals surface area contributed by atoms with Gasteiger partial charge < -0.3 is 5.32 Å². The molecule has 232 valence electrons. The van der Waals surface area contributed by atoms with Crippen LogP contribution in [0.15, 0.2) is 82.9 Å². The predicted molar refractivity (Wildman–Crippen MR) is 152 cm³/mol. The van der Waals surface area contributed by atoms with E-state index in [1.54, 1.807) is 12.1 Å². The highest BCUT2D eigenvalue weighted by atomic mass is 32.2. The standard InChI is InChI=1S/C29H18F6N4O4S2/c30-28(31,32)15-5-1-7-17(10-15)37-19(40)13-38-26-23(45-27(38)43)20(14-4-3-9-36-12-14)21-22(44-26)25(42)39(24(21)41)18-8-2-6-16(11-18)29(33,34)35/h1-12,20-22H,13H2,(H,37,40). The highest BCUT2D eigenvalue weighted by Gasteiger charge is 2.57. The molecule has 2 aromatic carbocycles. The minimum atomic E-state index is -4.73. The molecule has 0 aliphatic carbocycles. The molecule has 1 saturated heterocycles. The molecule has 45 heavy (non-hydrogen) atoms. The molecule has 0 radical (unpaired) electrons. The summed E-state index contributed by atoms with van der Waals surface area (Å²) in [6.45, 7) is -0.620. The molecule has 6 rings (SSSR count). The van der Waals surface area contributed by atoms with Crippen LogP contribution in [0.3, 0.4) is 0 Å². The van der Waals surface area contributed by atoms with Crippen molar-refractivity contribution in [3.05, 3.63) is 104 Å². The predicted octanol–water partition coefficient (Wildman–Crippen LogP) is 5.78. The van der Waals surface area contributed by atoms with Gasteiger partial charge in [-0.15, -0.1) is 0 Å². The Kier molecular flexibility index (Phi) is 7.59. The molecule has 1 N–H and O–H groups in total. The average Bonchev–Trinajstić information content (AvgIpc) is 3.43. The van der Waals surface area contributed by atoms with Gasteiger partial charge in [-0.05, 0) is 48.0 Å². The van der Waals surface area contributed by atoms with Crippen LogP contribution in [0, 0.1) is 5.92 Å². The van der Waals surface area contributed by atoms with Gasteiger partial charge in [-0.25, -0.2) is 4.90 Å². The topological polar surface area (TPSA) is 101 Å². The van der Waals surface area contributed by atoms with Crippen LogP contribution in [0.1, 0.15) is 27.5 Å². The van der Waals surface area contributed by atoms with Crippen LogP contribution >= 0.6 is 23.1 Å². The number of pyridine rings is 1. The van der Waals surface area contributed by atoms with Gasteiger partial charge in [-0.1, -0.05) is 41.3 Å². The maximum atomic E-state index is 13.8. The number of hydrogen-bond donors (Lipinski definition) is 1. The van der Waals surface area contributed by atoms with E-state index in [4.69, 9.17) is 0 Å². The van der Waals surface area contributed by atoms with Gasteiger partial charge in [0.2, 0.25) is 17.7 Å². The van der Waals surface area contributed by atoms with Crippen molar-refractivity contribution in [3.63, 3.8) is 0 Å². The van der Waals surface area contributed by atoms with Crippen LogP contribution in [0.25, 0.3) is 0 Å². The number of fused-ring (bicyclic) bond motifs is 2. The smallest absolute Gasteiger partial charge is 0.325 e. The lowest BCUT2D eigenvalue weighted by Crippen LogP contribution is -2.33. The van der Waals surface area contributed by atoms with Gasteiger partial charge in [0, 0.05) is 28.9 Å². The van der Waals surface area contributed by atoms with Crippen molar-refractivity contribution >= 4 is 52.2 Å². The van der Waals surface area contributed by atoms with Crippen molar-refractivity contribution in [1.82, 2.24) is 9.55 Å². The summed E-state index contributed by atoms with van der Waals surface area (Å²) in [5, 5.41) is 1.36. The number of thiazole rings is 1. The van der Waals surface area contributed by atoms with Crippen molar-refractivity contribution in [2.24, 2.45) is 5.92 Å². The zero-order chi connectivity index (χ0) is 32.3. The number of halogens is 6. The highest BCUT2D eigenvalue weighted by Crippen LogP contribution is 2.54. The number of anilines is 2. The fourth-order valence-electron chi connectivity index (χ4n) is 5.37. The number of benzene rings is 2. The monoisotopic (exact) mass is 664 g/mol. The molecule has 4 heterocycles. The average molecular weight is 665 g/mol. The molecule has 2 aliphatic heterocycles. The third-order valence-corrected chi connectivity index (χ3v) is 9.90. The van der Waals surface area contributed by atoms with E-state index in [9.17, 15) is 45.5 Å². The van der Waals surface area contributed by atoms with Crippen molar-refractivity contribution in [2.45, 2.75) is 35.1 Å². The number of hydrogen-bond acceptors (Lipinski definition) is 7. The summed E-state index contributed by atoms with van der Waals surface area (Å²) in [5.74, 6) is -4.40. The number of amides is 3. The van der Waals surface area contributed by atoms with Crippen LogP contribution in [-0.2, 0) is 33.3 Å². The first kappa shape index (κ1) is 30.6. The SMILES string of the molecule is O=C(Cn1c2c(sc1=O)C(c1cccnc1)C1C(=O)N(c3cccc(C(F)(F)F)c3)C(=O)C1S2)Nc1cccc(C(F)(F)F)c1. The van der Waals surface area contributed by atoms with Gasteiger partial charge in [0.25, 0.3) is 0 Å². The van der Waals surface area contributed by atoms with Gasteiger partial charge in [0.05, 0.1) is 27.8 Å². The number of aromatic nitrogens is 2. The maximum absolute atomic E-state index is 13.8. The third kappa shape index (κ3) is 5.63. The molecule has 0 bridgehead atoms. The molecule has 0 saturated carbocycles. The lowest BCUT2D eigenvalue weighted by molar-refractivity contribution is -0.138. The molecule has 3 atom stereocenters. The summed E-state index contributed by atoms with van der Waals surface area (Å²) < 4.78 is 80.8. The number of imide groups is 1. The Morgan fingerprint density at radius 2 is 1.58 bits per heavy atom. The van der Waals surface area contributed by atoms with Crippen LogP contribution in [0.4, 0.5) is 37.7 Å². The van der Waals surface area contributed by atoms with Gasteiger partial charge >= 0.3 is 17.2 Å². The number of rotatable bonds is 5. The Hall–Kier alpha value is -4.44. The summed E-state index contributed by atoms with van der Waals surface area (Å²) in [7, 11) is 0. The summed E-state index contributed by atoms with van der Waals surface area (Å²) in [6, 6.07) is 11.0. The second kappa shape index (κ2) is 11.2. The minimum absolute atomic E-state index is 0.152. The van der Waals surface area contributed by atoms with Gasteiger partial charge in [-0.3, -0.25) is 28.7 Å². The zero-order valence-electron chi connectivity index (χ0n) is 22.4. The Labute approximate surface area is 257 Å². The Morgan fingerprint density at radius 1 is 0.889 bits per heavy atom. The van der Waals surface area contributed by atoms with Crippen LogP contribution < -0.4 is 15.1 Å². The van der Waals surface area contributed by atoms with Gasteiger partial charge in [0.15, 0.2) is 0 Å². The molecule has 3 amide bonds. The van der Waals surface area contributed by atoms with E-state index in [2.05, 4.69) is 10.3 Å². The van der Waals surface area contributed by atoms with E-state index < -0.39 is 69.7 Å². The fraction of sp³-hybridized carbons (Fsp3) is 0.207. The third-order valence-electron chi connectivity index (χ3n) is 7.30. The summed E-state index contributed by atoms with van der Waals surface area (Å²) in [5.41, 5.74) is -1.99. The molecule has 0 spiro atoms. The number of thioether (sulfide) groups is 1.